The molecule has 0 spiro atoms. The summed E-state index contributed by atoms with van der Waals surface area (Å²) in [5, 5.41) is 17.4. The van der Waals surface area contributed by atoms with Crippen molar-refractivity contribution in [3.05, 3.63) is 36.7 Å². The van der Waals surface area contributed by atoms with Gasteiger partial charge in [-0.15, -0.1) is 0 Å². The van der Waals surface area contributed by atoms with Gasteiger partial charge in [-0.25, -0.2) is 18.1 Å². The van der Waals surface area contributed by atoms with Crippen molar-refractivity contribution in [2.75, 3.05) is 17.7 Å². The van der Waals surface area contributed by atoms with E-state index < -0.39 is 16.4 Å². The molecule has 0 bridgehead atoms. The maximum absolute atomic E-state index is 12.0. The third-order valence-corrected chi connectivity index (χ3v) is 7.24. The second-order valence-corrected chi connectivity index (χ2v) is 9.88. The molecule has 4 rings (SSSR count). The molecule has 10 heteroatoms. The first kappa shape index (κ1) is 20.7. The van der Waals surface area contributed by atoms with Crippen LogP contribution in [0, 0.1) is 5.92 Å². The Bertz CT molecular complexity index is 1110. The van der Waals surface area contributed by atoms with Crippen LogP contribution < -0.4 is 11.1 Å². The highest BCUT2D eigenvalue weighted by Crippen LogP contribution is 2.26. The van der Waals surface area contributed by atoms with Crippen molar-refractivity contribution >= 4 is 32.5 Å². The van der Waals surface area contributed by atoms with E-state index in [1.54, 1.807) is 24.5 Å². The van der Waals surface area contributed by atoms with Gasteiger partial charge in [0.05, 0.1) is 28.8 Å². The van der Waals surface area contributed by atoms with E-state index in [1.807, 2.05) is 4.68 Å². The highest BCUT2D eigenvalue weighted by Gasteiger charge is 2.20. The van der Waals surface area contributed by atoms with Gasteiger partial charge in [0.2, 0.25) is 5.95 Å². The van der Waals surface area contributed by atoms with Crippen LogP contribution >= 0.6 is 0 Å². The van der Waals surface area contributed by atoms with E-state index >= 15 is 0 Å². The molecule has 1 aromatic carbocycles. The Labute approximate surface area is 175 Å². The number of nitrogens with two attached hydrogens (primary N) is 1. The number of aromatic nitrogens is 4. The molecule has 0 unspecified atom stereocenters. The SMILES string of the molecule is NC1CCC(Cn2ncc3cnc(Nc4ccc(S(=O)(=O)CCO)cc4)nc32)CC1. The van der Waals surface area contributed by atoms with Crippen molar-refractivity contribution in [2.24, 2.45) is 11.7 Å². The summed E-state index contributed by atoms with van der Waals surface area (Å²) in [5.74, 6) is 0.671. The number of rotatable bonds is 7. The van der Waals surface area contributed by atoms with E-state index in [1.165, 1.54) is 12.1 Å². The quantitative estimate of drug-likeness (QED) is 0.517. The average molecular weight is 431 g/mol. The Kier molecular flexibility index (Phi) is 5.98. The lowest BCUT2D eigenvalue weighted by Crippen LogP contribution is -2.28. The van der Waals surface area contributed by atoms with Gasteiger partial charge in [0.15, 0.2) is 15.5 Å². The fourth-order valence-electron chi connectivity index (χ4n) is 3.79. The first-order chi connectivity index (χ1) is 14.4. The predicted octanol–water partition coefficient (Wildman–Crippen LogP) is 1.85. The zero-order valence-electron chi connectivity index (χ0n) is 16.6. The average Bonchev–Trinajstić information content (AvgIpc) is 3.12. The minimum absolute atomic E-state index is 0.170. The summed E-state index contributed by atoms with van der Waals surface area (Å²) in [6.45, 7) is 0.404. The number of hydrogen-bond acceptors (Lipinski definition) is 8. The van der Waals surface area contributed by atoms with E-state index in [2.05, 4.69) is 20.4 Å². The maximum atomic E-state index is 12.0. The van der Waals surface area contributed by atoms with Gasteiger partial charge < -0.3 is 16.2 Å². The van der Waals surface area contributed by atoms with Gasteiger partial charge in [0.1, 0.15) is 0 Å². The van der Waals surface area contributed by atoms with E-state index in [9.17, 15) is 8.42 Å². The molecule has 0 aliphatic heterocycles. The molecule has 0 saturated heterocycles. The lowest BCUT2D eigenvalue weighted by atomic mass is 9.86. The summed E-state index contributed by atoms with van der Waals surface area (Å²) in [6.07, 6.45) is 7.80. The van der Waals surface area contributed by atoms with E-state index in [-0.39, 0.29) is 10.6 Å². The molecule has 2 aromatic heterocycles. The number of aliphatic hydroxyl groups is 1. The lowest BCUT2D eigenvalue weighted by Gasteiger charge is -2.25. The number of anilines is 2. The Morgan fingerprint density at radius 1 is 1.13 bits per heavy atom. The predicted molar refractivity (Wildman–Crippen MR) is 114 cm³/mol. The molecule has 2 heterocycles. The molecule has 4 N–H and O–H groups in total. The van der Waals surface area contributed by atoms with Crippen LogP contribution in [-0.4, -0.2) is 51.7 Å². The van der Waals surface area contributed by atoms with Gasteiger partial charge in [0.25, 0.3) is 0 Å². The Hall–Kier alpha value is -2.56. The monoisotopic (exact) mass is 430 g/mol. The minimum Gasteiger partial charge on any atom is -0.395 e. The van der Waals surface area contributed by atoms with Crippen molar-refractivity contribution in [3.63, 3.8) is 0 Å². The van der Waals surface area contributed by atoms with Gasteiger partial charge in [0, 0.05) is 24.5 Å². The van der Waals surface area contributed by atoms with E-state index in [4.69, 9.17) is 10.8 Å². The number of hydrogen-bond donors (Lipinski definition) is 3. The van der Waals surface area contributed by atoms with Crippen LogP contribution in [-0.2, 0) is 16.4 Å². The number of fused-ring (bicyclic) bond motifs is 1. The minimum atomic E-state index is -3.47. The highest BCUT2D eigenvalue weighted by molar-refractivity contribution is 7.91. The molecule has 3 aromatic rings. The number of nitrogens with zero attached hydrogens (tertiary/aromatic N) is 4. The Morgan fingerprint density at radius 2 is 1.87 bits per heavy atom. The highest BCUT2D eigenvalue weighted by atomic mass is 32.2. The number of nitrogens with one attached hydrogen (secondary N) is 1. The Balaban J connectivity index is 1.49. The van der Waals surface area contributed by atoms with Gasteiger partial charge in [-0.2, -0.15) is 10.1 Å². The molecule has 1 aliphatic carbocycles. The zero-order valence-corrected chi connectivity index (χ0v) is 17.4. The number of sulfone groups is 1. The molecule has 0 amide bonds. The topological polar surface area (TPSA) is 136 Å². The van der Waals surface area contributed by atoms with Gasteiger partial charge in [-0.05, 0) is 55.9 Å². The lowest BCUT2D eigenvalue weighted by molar-refractivity contribution is 0.288. The Morgan fingerprint density at radius 3 is 2.57 bits per heavy atom. The molecule has 1 aliphatic rings. The number of aliphatic hydroxyl groups excluding tert-OH is 1. The summed E-state index contributed by atoms with van der Waals surface area (Å²) < 4.78 is 26.0. The second kappa shape index (κ2) is 8.66. The van der Waals surface area contributed by atoms with Gasteiger partial charge in [-0.1, -0.05) is 0 Å². The van der Waals surface area contributed by atoms with Gasteiger partial charge in [-0.3, -0.25) is 0 Å². The second-order valence-electron chi connectivity index (χ2n) is 7.77. The van der Waals surface area contributed by atoms with Crippen LogP contribution in [0.2, 0.25) is 0 Å². The van der Waals surface area contributed by atoms with Crippen molar-refractivity contribution in [1.29, 1.82) is 0 Å². The summed E-state index contributed by atoms with van der Waals surface area (Å²) in [7, 11) is -3.47. The van der Waals surface area contributed by atoms with Crippen molar-refractivity contribution < 1.29 is 13.5 Å². The molecule has 1 fully saturated rings. The van der Waals surface area contributed by atoms with Crippen LogP contribution in [0.5, 0.6) is 0 Å². The van der Waals surface area contributed by atoms with Crippen LogP contribution in [0.3, 0.4) is 0 Å². The third kappa shape index (κ3) is 4.61. The first-order valence-electron chi connectivity index (χ1n) is 10.1. The van der Waals surface area contributed by atoms with Crippen LogP contribution in [0.15, 0.2) is 41.6 Å². The van der Waals surface area contributed by atoms with Crippen molar-refractivity contribution in [3.8, 4) is 0 Å². The van der Waals surface area contributed by atoms with Crippen molar-refractivity contribution in [1.82, 2.24) is 19.7 Å². The normalized spacial score (nSPS) is 19.8. The molecule has 1 saturated carbocycles. The van der Waals surface area contributed by atoms with E-state index in [0.29, 0.717) is 23.6 Å². The molecule has 0 radical (unpaired) electrons. The molecular formula is C20H26N6O3S. The molecule has 9 nitrogen and oxygen atoms in total. The van der Waals surface area contributed by atoms with Gasteiger partial charge >= 0.3 is 0 Å². The van der Waals surface area contributed by atoms with Crippen LogP contribution in [0.4, 0.5) is 11.6 Å². The fourth-order valence-corrected chi connectivity index (χ4v) is 4.82. The smallest absolute Gasteiger partial charge is 0.229 e. The standard InChI is InChI=1S/C20H26N6O3S/c21-16-3-1-14(2-4-16)13-26-19-15(12-23-26)11-22-20(25-19)24-17-5-7-18(8-6-17)30(28,29)10-9-27/h5-8,11-12,14,16,27H,1-4,9-10,13,21H2,(H,22,24,25). The molecule has 160 valence electrons. The molecule has 30 heavy (non-hydrogen) atoms. The zero-order chi connectivity index (χ0) is 21.1. The largest absolute Gasteiger partial charge is 0.395 e. The summed E-state index contributed by atoms with van der Waals surface area (Å²) in [5.41, 5.74) is 7.45. The molecular weight excluding hydrogens is 404 g/mol. The maximum Gasteiger partial charge on any atom is 0.229 e. The number of benzene rings is 1. The first-order valence-corrected chi connectivity index (χ1v) is 11.7. The summed E-state index contributed by atoms with van der Waals surface area (Å²) in [6, 6.07) is 6.63. The third-order valence-electron chi connectivity index (χ3n) is 5.53. The van der Waals surface area contributed by atoms with E-state index in [0.717, 1.165) is 43.3 Å². The summed E-state index contributed by atoms with van der Waals surface area (Å²) in [4.78, 5) is 9.11. The molecule has 0 atom stereocenters. The van der Waals surface area contributed by atoms with Crippen molar-refractivity contribution in [2.45, 2.75) is 43.2 Å². The fraction of sp³-hybridized carbons (Fsp3) is 0.450. The van der Waals surface area contributed by atoms with Crippen LogP contribution in [0.1, 0.15) is 25.7 Å². The van der Waals surface area contributed by atoms with Crippen LogP contribution in [0.25, 0.3) is 11.0 Å². The summed E-state index contributed by atoms with van der Waals surface area (Å²) >= 11 is 0.